The summed E-state index contributed by atoms with van der Waals surface area (Å²) >= 11 is 0. The monoisotopic (exact) mass is 429 g/mol. The van der Waals surface area contributed by atoms with Gasteiger partial charge in [0.1, 0.15) is 0 Å². The van der Waals surface area contributed by atoms with Crippen molar-refractivity contribution in [1.29, 1.82) is 0 Å². The lowest BCUT2D eigenvalue weighted by atomic mass is 10.1. The Morgan fingerprint density at radius 3 is 2.42 bits per heavy atom. The molecule has 8 heteroatoms. The molecule has 4 amide bonds. The van der Waals surface area contributed by atoms with Gasteiger partial charge in [-0.05, 0) is 50.8 Å². The molecule has 0 radical (unpaired) electrons. The van der Waals surface area contributed by atoms with Gasteiger partial charge < -0.3 is 10.6 Å². The number of nitrogens with zero attached hydrogens (tertiary/aromatic N) is 2. The quantitative estimate of drug-likeness (QED) is 0.643. The molecular weight excluding hydrogens is 394 g/mol. The highest BCUT2D eigenvalue weighted by molar-refractivity contribution is 5.97. The van der Waals surface area contributed by atoms with Gasteiger partial charge in [-0.1, -0.05) is 25.0 Å². The Morgan fingerprint density at radius 1 is 1.06 bits per heavy atom. The second-order valence-corrected chi connectivity index (χ2v) is 8.73. The molecule has 3 N–H and O–H groups in total. The standard InChI is InChI=1S/C23H35N5O3/c1-16-7-6-10-20(17(16)2)25-21(29)15-27-11-13-28(14-12-27)18(3)22(30)26-23(31)24-19-8-4-5-9-19/h6-7,10,18-19H,4-5,8-9,11-15H2,1-3H3,(H,25,29)(H2,24,26,30,31). The molecule has 1 aromatic rings. The number of hydrogen-bond acceptors (Lipinski definition) is 5. The van der Waals surface area contributed by atoms with Crippen LogP contribution in [0.3, 0.4) is 0 Å². The van der Waals surface area contributed by atoms with Crippen LogP contribution in [-0.4, -0.2) is 72.5 Å². The number of aryl methyl sites for hydroxylation is 1. The Bertz CT molecular complexity index is 798. The van der Waals surface area contributed by atoms with Gasteiger partial charge in [-0.3, -0.25) is 24.7 Å². The van der Waals surface area contributed by atoms with Crippen molar-refractivity contribution in [3.8, 4) is 0 Å². The van der Waals surface area contributed by atoms with Crippen LogP contribution in [0.25, 0.3) is 0 Å². The van der Waals surface area contributed by atoms with E-state index < -0.39 is 6.03 Å². The molecule has 170 valence electrons. The zero-order valence-electron chi connectivity index (χ0n) is 18.9. The first kappa shape index (κ1) is 23.2. The number of anilines is 1. The van der Waals surface area contributed by atoms with Gasteiger partial charge in [0.05, 0.1) is 12.6 Å². The molecule has 3 rings (SSSR count). The number of benzene rings is 1. The van der Waals surface area contributed by atoms with E-state index >= 15 is 0 Å². The molecule has 1 heterocycles. The number of imide groups is 1. The van der Waals surface area contributed by atoms with E-state index in [2.05, 4.69) is 25.8 Å². The summed E-state index contributed by atoms with van der Waals surface area (Å²) in [6.45, 7) is 8.93. The van der Waals surface area contributed by atoms with E-state index in [0.717, 1.165) is 42.5 Å². The number of hydrogen-bond donors (Lipinski definition) is 3. The van der Waals surface area contributed by atoms with Crippen molar-refractivity contribution in [3.63, 3.8) is 0 Å². The average Bonchev–Trinajstić information content (AvgIpc) is 3.24. The number of amides is 4. The first-order chi connectivity index (χ1) is 14.8. The highest BCUT2D eigenvalue weighted by atomic mass is 16.2. The molecule has 1 aromatic carbocycles. The van der Waals surface area contributed by atoms with Gasteiger partial charge in [-0.25, -0.2) is 4.79 Å². The van der Waals surface area contributed by atoms with Crippen LogP contribution < -0.4 is 16.0 Å². The van der Waals surface area contributed by atoms with Crippen LogP contribution in [0.1, 0.15) is 43.7 Å². The Kier molecular flexibility index (Phi) is 8.03. The molecule has 1 unspecified atom stereocenters. The number of nitrogens with one attached hydrogen (secondary N) is 3. The molecule has 1 aliphatic heterocycles. The van der Waals surface area contributed by atoms with E-state index in [1.165, 1.54) is 0 Å². The SMILES string of the molecule is Cc1cccc(NC(=O)CN2CCN(C(C)C(=O)NC(=O)NC3CCCC3)CC2)c1C. The lowest BCUT2D eigenvalue weighted by Crippen LogP contribution is -2.56. The lowest BCUT2D eigenvalue weighted by molar-refractivity contribution is -0.126. The Labute approximate surface area is 184 Å². The van der Waals surface area contributed by atoms with Crippen molar-refractivity contribution in [3.05, 3.63) is 29.3 Å². The summed E-state index contributed by atoms with van der Waals surface area (Å²) in [7, 11) is 0. The van der Waals surface area contributed by atoms with Crippen molar-refractivity contribution < 1.29 is 14.4 Å². The molecule has 2 aliphatic rings. The van der Waals surface area contributed by atoms with Crippen molar-refractivity contribution >= 4 is 23.5 Å². The van der Waals surface area contributed by atoms with Gasteiger partial charge in [-0.2, -0.15) is 0 Å². The van der Waals surface area contributed by atoms with E-state index in [4.69, 9.17) is 0 Å². The van der Waals surface area contributed by atoms with Gasteiger partial charge in [0.25, 0.3) is 0 Å². The second-order valence-electron chi connectivity index (χ2n) is 8.73. The van der Waals surface area contributed by atoms with Crippen molar-refractivity contribution in [2.75, 3.05) is 38.0 Å². The van der Waals surface area contributed by atoms with Crippen molar-refractivity contribution in [1.82, 2.24) is 20.4 Å². The summed E-state index contributed by atoms with van der Waals surface area (Å²) in [6.07, 6.45) is 4.22. The summed E-state index contributed by atoms with van der Waals surface area (Å²) in [5.74, 6) is -0.312. The summed E-state index contributed by atoms with van der Waals surface area (Å²) < 4.78 is 0. The molecule has 1 saturated carbocycles. The molecular formula is C23H35N5O3. The molecule has 8 nitrogen and oxygen atoms in total. The number of rotatable bonds is 6. The summed E-state index contributed by atoms with van der Waals surface area (Å²) in [5, 5.41) is 8.36. The van der Waals surface area contributed by atoms with Gasteiger partial charge in [0.15, 0.2) is 0 Å². The molecule has 2 fully saturated rings. The Balaban J connectivity index is 1.40. The van der Waals surface area contributed by atoms with E-state index in [9.17, 15) is 14.4 Å². The third-order valence-electron chi connectivity index (χ3n) is 6.51. The maximum atomic E-state index is 12.5. The minimum atomic E-state index is -0.398. The average molecular weight is 430 g/mol. The number of carbonyl (C=O) groups excluding carboxylic acids is 3. The third-order valence-corrected chi connectivity index (χ3v) is 6.51. The van der Waals surface area contributed by atoms with Crippen molar-refractivity contribution in [2.24, 2.45) is 0 Å². The van der Waals surface area contributed by atoms with Crippen LogP contribution in [0.15, 0.2) is 18.2 Å². The minimum Gasteiger partial charge on any atom is -0.335 e. The second kappa shape index (κ2) is 10.7. The van der Waals surface area contributed by atoms with Crippen molar-refractivity contribution in [2.45, 2.75) is 58.5 Å². The molecule has 1 saturated heterocycles. The van der Waals surface area contributed by atoms with Gasteiger partial charge >= 0.3 is 6.03 Å². The smallest absolute Gasteiger partial charge is 0.321 e. The predicted octanol–water partition coefficient (Wildman–Crippen LogP) is 2.02. The topological polar surface area (TPSA) is 93.8 Å². The minimum absolute atomic E-state index is 0.0310. The molecule has 1 atom stereocenters. The van der Waals surface area contributed by atoms with Gasteiger partial charge in [-0.15, -0.1) is 0 Å². The third kappa shape index (κ3) is 6.51. The van der Waals surface area contributed by atoms with Crippen LogP contribution in [0.2, 0.25) is 0 Å². The number of piperazine rings is 1. The molecule has 0 aromatic heterocycles. The fraction of sp³-hybridized carbons (Fsp3) is 0.609. The van der Waals surface area contributed by atoms with Crippen LogP contribution in [-0.2, 0) is 9.59 Å². The van der Waals surface area contributed by atoms with E-state index in [1.807, 2.05) is 39.0 Å². The summed E-state index contributed by atoms with van der Waals surface area (Å²) in [6, 6.07) is 5.28. The maximum Gasteiger partial charge on any atom is 0.321 e. The molecule has 31 heavy (non-hydrogen) atoms. The molecule has 0 bridgehead atoms. The Hall–Kier alpha value is -2.45. The summed E-state index contributed by atoms with van der Waals surface area (Å²) in [5.41, 5.74) is 3.08. The summed E-state index contributed by atoms with van der Waals surface area (Å²) in [4.78, 5) is 41.1. The highest BCUT2D eigenvalue weighted by Crippen LogP contribution is 2.18. The fourth-order valence-electron chi connectivity index (χ4n) is 4.26. The lowest BCUT2D eigenvalue weighted by Gasteiger charge is -2.37. The van der Waals surface area contributed by atoms with Gasteiger partial charge in [0.2, 0.25) is 11.8 Å². The zero-order valence-corrected chi connectivity index (χ0v) is 18.9. The predicted molar refractivity (Wildman–Crippen MR) is 121 cm³/mol. The zero-order chi connectivity index (χ0) is 22.4. The molecule has 0 spiro atoms. The molecule has 1 aliphatic carbocycles. The highest BCUT2D eigenvalue weighted by Gasteiger charge is 2.28. The maximum absolute atomic E-state index is 12.5. The van der Waals surface area contributed by atoms with E-state index in [1.54, 1.807) is 0 Å². The van der Waals surface area contributed by atoms with Crippen LogP contribution in [0.4, 0.5) is 10.5 Å². The number of carbonyl (C=O) groups is 3. The normalized spacial score (nSPS) is 19.1. The van der Waals surface area contributed by atoms with Crippen LogP contribution in [0.5, 0.6) is 0 Å². The first-order valence-electron chi connectivity index (χ1n) is 11.3. The first-order valence-corrected chi connectivity index (χ1v) is 11.3. The van der Waals surface area contributed by atoms with Crippen LogP contribution >= 0.6 is 0 Å². The van der Waals surface area contributed by atoms with Gasteiger partial charge in [0, 0.05) is 37.9 Å². The fourth-order valence-corrected chi connectivity index (χ4v) is 4.26. The number of urea groups is 1. The van der Waals surface area contributed by atoms with E-state index in [-0.39, 0.29) is 23.9 Å². The van der Waals surface area contributed by atoms with E-state index in [0.29, 0.717) is 32.7 Å². The van der Waals surface area contributed by atoms with Crippen LogP contribution in [0, 0.1) is 13.8 Å². The largest absolute Gasteiger partial charge is 0.335 e. The Morgan fingerprint density at radius 2 is 1.74 bits per heavy atom.